The SMILES string of the molecule is CCOc1nccc2c1cnc1ccccc12. The van der Waals surface area contributed by atoms with E-state index in [4.69, 9.17) is 4.74 Å². The molecule has 0 bridgehead atoms. The van der Waals surface area contributed by atoms with Crippen LogP contribution in [0.25, 0.3) is 21.7 Å². The molecule has 0 spiro atoms. The van der Waals surface area contributed by atoms with Crippen molar-refractivity contribution in [1.29, 1.82) is 0 Å². The number of hydrogen-bond donors (Lipinski definition) is 0. The van der Waals surface area contributed by atoms with Gasteiger partial charge >= 0.3 is 0 Å². The number of hydrogen-bond acceptors (Lipinski definition) is 3. The molecule has 1 aromatic carbocycles. The van der Waals surface area contributed by atoms with Crippen molar-refractivity contribution in [2.45, 2.75) is 6.92 Å². The summed E-state index contributed by atoms with van der Waals surface area (Å²) in [5.41, 5.74) is 0.994. The molecule has 0 N–H and O–H groups in total. The van der Waals surface area contributed by atoms with E-state index in [2.05, 4.69) is 16.0 Å². The highest BCUT2D eigenvalue weighted by atomic mass is 16.5. The van der Waals surface area contributed by atoms with Crippen LogP contribution in [0, 0.1) is 0 Å². The van der Waals surface area contributed by atoms with E-state index in [9.17, 15) is 0 Å². The smallest absolute Gasteiger partial charge is 0.222 e. The van der Waals surface area contributed by atoms with Crippen LogP contribution in [-0.2, 0) is 0 Å². The number of rotatable bonds is 2. The van der Waals surface area contributed by atoms with Crippen LogP contribution in [0.15, 0.2) is 42.7 Å². The van der Waals surface area contributed by atoms with Crippen molar-refractivity contribution >= 4 is 21.7 Å². The van der Waals surface area contributed by atoms with Crippen LogP contribution in [0.5, 0.6) is 5.88 Å². The lowest BCUT2D eigenvalue weighted by Gasteiger charge is -2.07. The van der Waals surface area contributed by atoms with E-state index in [1.807, 2.05) is 37.4 Å². The summed E-state index contributed by atoms with van der Waals surface area (Å²) in [5.74, 6) is 0.656. The molecule has 0 atom stereocenters. The van der Waals surface area contributed by atoms with Gasteiger partial charge in [0.25, 0.3) is 0 Å². The topological polar surface area (TPSA) is 35.0 Å². The standard InChI is InChI=1S/C14H12N2O/c1-2-17-14-12-9-16-13-6-4-3-5-11(13)10(12)7-8-15-14/h3-9H,2H2,1H3. The molecule has 3 nitrogen and oxygen atoms in total. The molecule has 3 rings (SSSR count). The summed E-state index contributed by atoms with van der Waals surface area (Å²) in [6, 6.07) is 10.1. The number of benzene rings is 1. The largest absolute Gasteiger partial charge is 0.477 e. The first-order valence-corrected chi connectivity index (χ1v) is 5.65. The van der Waals surface area contributed by atoms with Gasteiger partial charge in [-0.15, -0.1) is 0 Å². The summed E-state index contributed by atoms with van der Waals surface area (Å²) in [4.78, 5) is 8.67. The summed E-state index contributed by atoms with van der Waals surface area (Å²) in [7, 11) is 0. The predicted molar refractivity (Wildman–Crippen MR) is 68.2 cm³/mol. The average molecular weight is 224 g/mol. The molecular weight excluding hydrogens is 212 g/mol. The van der Waals surface area contributed by atoms with Crippen LogP contribution in [0.1, 0.15) is 6.92 Å². The van der Waals surface area contributed by atoms with E-state index in [1.54, 1.807) is 6.20 Å². The van der Waals surface area contributed by atoms with Gasteiger partial charge in [0.1, 0.15) is 0 Å². The first-order chi connectivity index (χ1) is 8.40. The number of aromatic nitrogens is 2. The molecule has 17 heavy (non-hydrogen) atoms. The lowest BCUT2D eigenvalue weighted by Crippen LogP contribution is -1.95. The number of pyridine rings is 2. The maximum atomic E-state index is 5.52. The van der Waals surface area contributed by atoms with Crippen LogP contribution in [0.3, 0.4) is 0 Å². The molecule has 0 saturated carbocycles. The fourth-order valence-electron chi connectivity index (χ4n) is 2.01. The van der Waals surface area contributed by atoms with Gasteiger partial charge < -0.3 is 4.74 Å². The Balaban J connectivity index is 2.40. The third-order valence-corrected chi connectivity index (χ3v) is 2.76. The van der Waals surface area contributed by atoms with Gasteiger partial charge in [-0.3, -0.25) is 4.98 Å². The van der Waals surface area contributed by atoms with E-state index in [0.29, 0.717) is 12.5 Å². The second-order valence-electron chi connectivity index (χ2n) is 3.79. The minimum absolute atomic E-state index is 0.610. The monoisotopic (exact) mass is 224 g/mol. The number of nitrogens with zero attached hydrogens (tertiary/aromatic N) is 2. The molecule has 0 amide bonds. The zero-order valence-corrected chi connectivity index (χ0v) is 9.55. The Morgan fingerprint density at radius 1 is 1.00 bits per heavy atom. The van der Waals surface area contributed by atoms with Crippen LogP contribution < -0.4 is 4.74 Å². The lowest BCUT2D eigenvalue weighted by molar-refractivity contribution is 0.331. The molecule has 0 unspecified atom stereocenters. The maximum Gasteiger partial charge on any atom is 0.222 e. The minimum atomic E-state index is 0.610. The third kappa shape index (κ3) is 1.60. The zero-order chi connectivity index (χ0) is 11.7. The maximum absolute atomic E-state index is 5.52. The molecule has 0 aliphatic carbocycles. The first kappa shape index (κ1) is 10.0. The Morgan fingerprint density at radius 3 is 2.76 bits per heavy atom. The molecular formula is C14H12N2O. The molecule has 3 aromatic rings. The molecule has 84 valence electrons. The highest BCUT2D eigenvalue weighted by Crippen LogP contribution is 2.28. The van der Waals surface area contributed by atoms with Gasteiger partial charge in [0.2, 0.25) is 5.88 Å². The van der Waals surface area contributed by atoms with E-state index >= 15 is 0 Å². The minimum Gasteiger partial charge on any atom is -0.477 e. The Kier molecular flexibility index (Phi) is 2.37. The molecule has 3 heteroatoms. The highest BCUT2D eigenvalue weighted by Gasteiger charge is 2.06. The third-order valence-electron chi connectivity index (χ3n) is 2.76. The van der Waals surface area contributed by atoms with Crippen molar-refractivity contribution in [3.05, 3.63) is 42.7 Å². The molecule has 0 radical (unpaired) electrons. The predicted octanol–water partition coefficient (Wildman–Crippen LogP) is 3.18. The summed E-state index contributed by atoms with van der Waals surface area (Å²) >= 11 is 0. The van der Waals surface area contributed by atoms with Gasteiger partial charge in [-0.1, -0.05) is 18.2 Å². The second-order valence-corrected chi connectivity index (χ2v) is 3.79. The average Bonchev–Trinajstić information content (AvgIpc) is 2.39. The summed E-state index contributed by atoms with van der Waals surface area (Å²) in [6.45, 7) is 2.56. The Labute approximate surface area is 99.1 Å². The molecule has 2 aromatic heterocycles. The van der Waals surface area contributed by atoms with E-state index in [-0.39, 0.29) is 0 Å². The zero-order valence-electron chi connectivity index (χ0n) is 9.55. The molecule has 0 fully saturated rings. The van der Waals surface area contributed by atoms with Crippen molar-refractivity contribution in [2.24, 2.45) is 0 Å². The Morgan fingerprint density at radius 2 is 1.88 bits per heavy atom. The van der Waals surface area contributed by atoms with Crippen LogP contribution in [-0.4, -0.2) is 16.6 Å². The fourth-order valence-corrected chi connectivity index (χ4v) is 2.01. The number of para-hydroxylation sites is 1. The fraction of sp³-hybridized carbons (Fsp3) is 0.143. The number of ether oxygens (including phenoxy) is 1. The quantitative estimate of drug-likeness (QED) is 0.627. The van der Waals surface area contributed by atoms with Crippen molar-refractivity contribution in [2.75, 3.05) is 6.61 Å². The first-order valence-electron chi connectivity index (χ1n) is 5.65. The lowest BCUT2D eigenvalue weighted by atomic mass is 10.1. The van der Waals surface area contributed by atoms with Gasteiger partial charge in [-0.25, -0.2) is 4.98 Å². The molecule has 0 aliphatic heterocycles. The summed E-state index contributed by atoms with van der Waals surface area (Å²) < 4.78 is 5.52. The molecule has 2 heterocycles. The van der Waals surface area contributed by atoms with Gasteiger partial charge in [-0.2, -0.15) is 0 Å². The van der Waals surface area contributed by atoms with Gasteiger partial charge in [0, 0.05) is 17.8 Å². The highest BCUT2D eigenvalue weighted by molar-refractivity contribution is 6.06. The van der Waals surface area contributed by atoms with Gasteiger partial charge in [-0.05, 0) is 24.4 Å². The Hall–Kier alpha value is -2.16. The van der Waals surface area contributed by atoms with Crippen molar-refractivity contribution in [3.63, 3.8) is 0 Å². The molecule has 0 saturated heterocycles. The number of fused-ring (bicyclic) bond motifs is 3. The van der Waals surface area contributed by atoms with Crippen molar-refractivity contribution in [3.8, 4) is 5.88 Å². The van der Waals surface area contributed by atoms with Crippen molar-refractivity contribution < 1.29 is 4.74 Å². The van der Waals surface area contributed by atoms with Crippen LogP contribution >= 0.6 is 0 Å². The van der Waals surface area contributed by atoms with Gasteiger partial charge in [0.15, 0.2) is 0 Å². The van der Waals surface area contributed by atoms with Crippen LogP contribution in [0.2, 0.25) is 0 Å². The van der Waals surface area contributed by atoms with Crippen LogP contribution in [0.4, 0.5) is 0 Å². The summed E-state index contributed by atoms with van der Waals surface area (Å²) in [6.07, 6.45) is 3.61. The Bertz CT molecular complexity index is 679. The van der Waals surface area contributed by atoms with E-state index in [1.165, 1.54) is 0 Å². The van der Waals surface area contributed by atoms with E-state index in [0.717, 1.165) is 21.7 Å². The summed E-state index contributed by atoms with van der Waals surface area (Å²) in [5, 5.41) is 3.23. The second kappa shape index (κ2) is 4.01. The van der Waals surface area contributed by atoms with Crippen molar-refractivity contribution in [1.82, 2.24) is 9.97 Å². The normalized spacial score (nSPS) is 10.9. The van der Waals surface area contributed by atoms with Gasteiger partial charge in [0.05, 0.1) is 17.5 Å². The molecule has 0 aliphatic rings. The van der Waals surface area contributed by atoms with E-state index < -0.39 is 0 Å².